The van der Waals surface area contributed by atoms with Crippen LogP contribution in [0.3, 0.4) is 0 Å². The van der Waals surface area contributed by atoms with Crippen molar-refractivity contribution in [2.75, 3.05) is 19.0 Å². The maximum atomic E-state index is 12.2. The van der Waals surface area contributed by atoms with E-state index in [1.165, 1.54) is 25.3 Å². The number of hydrogen-bond acceptors (Lipinski definition) is 7. The molecule has 1 amide bonds. The van der Waals surface area contributed by atoms with Gasteiger partial charge in [0.05, 0.1) is 17.7 Å². The quantitative estimate of drug-likeness (QED) is 0.475. The van der Waals surface area contributed by atoms with Gasteiger partial charge in [-0.1, -0.05) is 0 Å². The maximum Gasteiger partial charge on any atom is 0.271 e. The molecule has 8 nitrogen and oxygen atoms in total. The van der Waals surface area contributed by atoms with Crippen LogP contribution in [-0.4, -0.2) is 29.5 Å². The number of benzene rings is 2. The van der Waals surface area contributed by atoms with Gasteiger partial charge in [-0.15, -0.1) is 11.3 Å². The average Bonchev–Trinajstić information content (AvgIpc) is 3.13. The van der Waals surface area contributed by atoms with Gasteiger partial charge in [0.25, 0.3) is 11.6 Å². The number of carbonyl (C=O) groups excluding carboxylic acids is 1. The van der Waals surface area contributed by atoms with Crippen molar-refractivity contribution in [2.45, 2.75) is 6.92 Å². The van der Waals surface area contributed by atoms with E-state index in [0.29, 0.717) is 11.5 Å². The van der Waals surface area contributed by atoms with Gasteiger partial charge in [0, 0.05) is 28.8 Å². The van der Waals surface area contributed by atoms with Crippen molar-refractivity contribution in [3.8, 4) is 22.1 Å². The van der Waals surface area contributed by atoms with Gasteiger partial charge >= 0.3 is 0 Å². The van der Waals surface area contributed by atoms with E-state index in [2.05, 4.69) is 10.3 Å². The van der Waals surface area contributed by atoms with Gasteiger partial charge in [-0.3, -0.25) is 14.9 Å². The normalized spacial score (nSPS) is 10.4. The second kappa shape index (κ2) is 8.49. The summed E-state index contributed by atoms with van der Waals surface area (Å²) in [6.07, 6.45) is 0. The molecule has 0 saturated carbocycles. The number of nitro benzene ring substituents is 1. The molecule has 3 rings (SSSR count). The van der Waals surface area contributed by atoms with Crippen LogP contribution in [0.15, 0.2) is 47.8 Å². The highest BCUT2D eigenvalue weighted by Crippen LogP contribution is 2.29. The number of carbonyl (C=O) groups is 1. The zero-order valence-corrected chi connectivity index (χ0v) is 16.0. The number of amides is 1. The van der Waals surface area contributed by atoms with E-state index < -0.39 is 10.8 Å². The summed E-state index contributed by atoms with van der Waals surface area (Å²) in [4.78, 5) is 26.9. The molecule has 0 spiro atoms. The number of nitrogens with zero attached hydrogens (tertiary/aromatic N) is 2. The minimum absolute atomic E-state index is 0.148. The third-order valence-electron chi connectivity index (χ3n) is 3.76. The number of anilines is 1. The van der Waals surface area contributed by atoms with E-state index in [-0.39, 0.29) is 18.0 Å². The molecule has 0 saturated heterocycles. The summed E-state index contributed by atoms with van der Waals surface area (Å²) in [5.74, 6) is 0.388. The Balaban J connectivity index is 1.61. The highest BCUT2D eigenvalue weighted by molar-refractivity contribution is 7.13. The van der Waals surface area contributed by atoms with Crippen molar-refractivity contribution in [1.82, 2.24) is 4.98 Å². The number of nitro groups is 1. The first-order chi connectivity index (χ1) is 13.5. The molecule has 0 aliphatic rings. The summed E-state index contributed by atoms with van der Waals surface area (Å²) in [5.41, 5.74) is 2.00. The Hall–Kier alpha value is -3.46. The van der Waals surface area contributed by atoms with Crippen LogP contribution >= 0.6 is 11.3 Å². The summed E-state index contributed by atoms with van der Waals surface area (Å²) < 4.78 is 10.6. The molecule has 0 atom stereocenters. The second-order valence-corrected chi connectivity index (χ2v) is 6.66. The molecule has 2 aromatic carbocycles. The molecule has 1 N–H and O–H groups in total. The Labute approximate surface area is 164 Å². The third kappa shape index (κ3) is 4.63. The molecule has 0 aliphatic heterocycles. The number of nitrogens with one attached hydrogen (secondary N) is 1. The number of aryl methyl sites for hydroxylation is 1. The molecule has 0 aliphatic carbocycles. The Morgan fingerprint density at radius 2 is 2.00 bits per heavy atom. The second-order valence-electron chi connectivity index (χ2n) is 5.80. The predicted molar refractivity (Wildman–Crippen MR) is 106 cm³/mol. The Morgan fingerprint density at radius 3 is 2.61 bits per heavy atom. The number of hydrogen-bond donors (Lipinski definition) is 1. The minimum atomic E-state index is -0.545. The van der Waals surface area contributed by atoms with E-state index in [9.17, 15) is 14.9 Å². The average molecular weight is 399 g/mol. The molecule has 0 fully saturated rings. The number of ether oxygens (including phenoxy) is 2. The molecule has 0 bridgehead atoms. The van der Waals surface area contributed by atoms with Gasteiger partial charge in [-0.2, -0.15) is 0 Å². The van der Waals surface area contributed by atoms with E-state index in [0.717, 1.165) is 16.3 Å². The summed E-state index contributed by atoms with van der Waals surface area (Å²) in [6, 6.07) is 11.2. The fraction of sp³-hybridized carbons (Fsp3) is 0.158. The minimum Gasteiger partial charge on any atom is -0.495 e. The number of rotatable bonds is 7. The SMILES string of the molecule is COc1ccc([N+](=O)[O-])cc1NC(=O)COc1ccc(-c2nc(C)cs2)cc1. The number of thiazole rings is 1. The van der Waals surface area contributed by atoms with Crippen LogP contribution in [0.4, 0.5) is 11.4 Å². The molecule has 9 heteroatoms. The number of non-ortho nitro benzene ring substituents is 1. The largest absolute Gasteiger partial charge is 0.495 e. The van der Waals surface area contributed by atoms with E-state index in [1.807, 2.05) is 24.4 Å². The molecular formula is C19H17N3O5S. The van der Waals surface area contributed by atoms with Crippen LogP contribution < -0.4 is 14.8 Å². The molecule has 0 unspecified atom stereocenters. The van der Waals surface area contributed by atoms with Crippen LogP contribution in [0.25, 0.3) is 10.6 Å². The topological polar surface area (TPSA) is 104 Å². The molecule has 0 radical (unpaired) electrons. The van der Waals surface area contributed by atoms with Crippen molar-refractivity contribution in [3.63, 3.8) is 0 Å². The van der Waals surface area contributed by atoms with Gasteiger partial charge in [0.1, 0.15) is 16.5 Å². The first-order valence-electron chi connectivity index (χ1n) is 8.24. The van der Waals surface area contributed by atoms with Crippen molar-refractivity contribution < 1.29 is 19.2 Å². The van der Waals surface area contributed by atoms with Gasteiger partial charge in [-0.05, 0) is 37.3 Å². The van der Waals surface area contributed by atoms with Crippen molar-refractivity contribution >= 4 is 28.6 Å². The van der Waals surface area contributed by atoms with Crippen molar-refractivity contribution in [1.29, 1.82) is 0 Å². The Morgan fingerprint density at radius 1 is 1.25 bits per heavy atom. The fourth-order valence-electron chi connectivity index (χ4n) is 2.42. The van der Waals surface area contributed by atoms with Crippen molar-refractivity contribution in [3.05, 3.63) is 63.7 Å². The van der Waals surface area contributed by atoms with Gasteiger partial charge < -0.3 is 14.8 Å². The van der Waals surface area contributed by atoms with Crippen molar-refractivity contribution in [2.24, 2.45) is 0 Å². The molecule has 1 heterocycles. The molecule has 3 aromatic rings. The molecule has 28 heavy (non-hydrogen) atoms. The summed E-state index contributed by atoms with van der Waals surface area (Å²) in [5, 5.41) is 16.4. The number of aromatic nitrogens is 1. The zero-order chi connectivity index (χ0) is 20.1. The van der Waals surface area contributed by atoms with E-state index in [1.54, 1.807) is 23.5 Å². The molecule has 144 valence electrons. The maximum absolute atomic E-state index is 12.2. The summed E-state index contributed by atoms with van der Waals surface area (Å²) in [7, 11) is 1.42. The third-order valence-corrected chi connectivity index (χ3v) is 4.77. The Bertz CT molecular complexity index is 1000. The van der Waals surface area contributed by atoms with Crippen LogP contribution in [0.5, 0.6) is 11.5 Å². The predicted octanol–water partition coefficient (Wildman–Crippen LogP) is 4.05. The highest BCUT2D eigenvalue weighted by atomic mass is 32.1. The van der Waals surface area contributed by atoms with Gasteiger partial charge in [-0.25, -0.2) is 4.98 Å². The van der Waals surface area contributed by atoms with Crippen LogP contribution in [0.2, 0.25) is 0 Å². The zero-order valence-electron chi connectivity index (χ0n) is 15.2. The summed E-state index contributed by atoms with van der Waals surface area (Å²) >= 11 is 1.56. The lowest BCUT2D eigenvalue weighted by molar-refractivity contribution is -0.384. The molecular weight excluding hydrogens is 382 g/mol. The first kappa shape index (κ1) is 19.3. The molecule has 1 aromatic heterocycles. The van der Waals surface area contributed by atoms with Crippen LogP contribution in [-0.2, 0) is 4.79 Å². The Kier molecular flexibility index (Phi) is 5.85. The fourth-order valence-corrected chi connectivity index (χ4v) is 3.23. The number of methoxy groups -OCH3 is 1. The monoisotopic (exact) mass is 399 g/mol. The standard InChI is InChI=1S/C19H17N3O5S/c1-12-11-28-19(20-12)13-3-6-15(7-4-13)27-10-18(23)21-16-9-14(22(24)25)5-8-17(16)26-2/h3-9,11H,10H2,1-2H3,(H,21,23). The smallest absolute Gasteiger partial charge is 0.271 e. The van der Waals surface area contributed by atoms with E-state index >= 15 is 0 Å². The first-order valence-corrected chi connectivity index (χ1v) is 9.12. The van der Waals surface area contributed by atoms with Gasteiger partial charge in [0.15, 0.2) is 6.61 Å². The van der Waals surface area contributed by atoms with Gasteiger partial charge in [0.2, 0.25) is 0 Å². The highest BCUT2D eigenvalue weighted by Gasteiger charge is 2.14. The van der Waals surface area contributed by atoms with E-state index in [4.69, 9.17) is 9.47 Å². The lowest BCUT2D eigenvalue weighted by atomic mass is 10.2. The lowest BCUT2D eigenvalue weighted by Gasteiger charge is -2.11. The lowest BCUT2D eigenvalue weighted by Crippen LogP contribution is -2.20. The van der Waals surface area contributed by atoms with Crippen LogP contribution in [0.1, 0.15) is 5.69 Å². The van der Waals surface area contributed by atoms with Crippen LogP contribution in [0, 0.1) is 17.0 Å². The summed E-state index contributed by atoms with van der Waals surface area (Å²) in [6.45, 7) is 1.69.